The van der Waals surface area contributed by atoms with Crippen molar-refractivity contribution in [1.29, 1.82) is 0 Å². The van der Waals surface area contributed by atoms with Gasteiger partial charge in [-0.05, 0) is 31.9 Å². The number of anilines is 1. The molecule has 0 aliphatic carbocycles. The third kappa shape index (κ3) is 3.86. The minimum absolute atomic E-state index is 0.143. The van der Waals surface area contributed by atoms with E-state index in [2.05, 4.69) is 14.7 Å². The largest absolute Gasteiger partial charge is 0.478 e. The van der Waals surface area contributed by atoms with Crippen molar-refractivity contribution < 1.29 is 18.3 Å². The predicted molar refractivity (Wildman–Crippen MR) is 94.7 cm³/mol. The molecule has 9 nitrogen and oxygen atoms in total. The van der Waals surface area contributed by atoms with E-state index >= 15 is 0 Å². The molecule has 0 unspecified atom stereocenters. The lowest BCUT2D eigenvalue weighted by Gasteiger charge is -2.33. The molecular weight excluding hydrogens is 358 g/mol. The standard InChI is InChI=1S/C16H21N5O4S/c1-2-20-11-17-10-15(20)26(24,25)19-13-5-7-21(8-6-13)14-4-3-12(9-18-14)16(22)23/h3-4,9-11,13,19H,2,5-8H2,1H3,(H,22,23). The Kier molecular flexibility index (Phi) is 5.23. The summed E-state index contributed by atoms with van der Waals surface area (Å²) in [4.78, 5) is 21.0. The highest BCUT2D eigenvalue weighted by Crippen LogP contribution is 2.20. The first-order valence-electron chi connectivity index (χ1n) is 8.37. The molecule has 0 radical (unpaired) electrons. The van der Waals surface area contributed by atoms with E-state index in [9.17, 15) is 13.2 Å². The van der Waals surface area contributed by atoms with Crippen molar-refractivity contribution in [2.24, 2.45) is 0 Å². The number of aromatic carboxylic acids is 1. The van der Waals surface area contributed by atoms with Crippen LogP contribution in [0, 0.1) is 0 Å². The molecule has 0 spiro atoms. The Hall–Kier alpha value is -2.46. The Morgan fingerprint density at radius 3 is 2.62 bits per heavy atom. The van der Waals surface area contributed by atoms with Crippen LogP contribution in [-0.2, 0) is 16.6 Å². The van der Waals surface area contributed by atoms with Crippen LogP contribution in [0.1, 0.15) is 30.1 Å². The number of nitrogens with one attached hydrogen (secondary N) is 1. The maximum Gasteiger partial charge on any atom is 0.337 e. The van der Waals surface area contributed by atoms with Crippen LogP contribution in [0.15, 0.2) is 35.9 Å². The number of imidazole rings is 1. The third-order valence-corrected chi connectivity index (χ3v) is 5.96. The van der Waals surface area contributed by atoms with Gasteiger partial charge in [-0.1, -0.05) is 0 Å². The molecule has 1 aliphatic heterocycles. The number of aromatic nitrogens is 3. The number of aryl methyl sites for hydroxylation is 1. The van der Waals surface area contributed by atoms with Crippen LogP contribution in [0.25, 0.3) is 0 Å². The number of hydrogen-bond donors (Lipinski definition) is 2. The number of hydrogen-bond acceptors (Lipinski definition) is 6. The van der Waals surface area contributed by atoms with Gasteiger partial charge in [0.25, 0.3) is 10.0 Å². The van der Waals surface area contributed by atoms with E-state index in [0.717, 1.165) is 0 Å². The molecule has 3 heterocycles. The molecule has 0 saturated carbocycles. The van der Waals surface area contributed by atoms with E-state index in [1.165, 1.54) is 24.8 Å². The van der Waals surface area contributed by atoms with Crippen molar-refractivity contribution in [3.63, 3.8) is 0 Å². The molecule has 0 bridgehead atoms. The number of sulfonamides is 1. The number of carbonyl (C=O) groups is 1. The fraction of sp³-hybridized carbons (Fsp3) is 0.438. The Labute approximate surface area is 151 Å². The first kappa shape index (κ1) is 18.3. The molecule has 26 heavy (non-hydrogen) atoms. The second-order valence-corrected chi connectivity index (χ2v) is 7.77. The molecule has 0 amide bonds. The van der Waals surface area contributed by atoms with E-state index in [4.69, 9.17) is 5.11 Å². The van der Waals surface area contributed by atoms with Crippen molar-refractivity contribution in [2.75, 3.05) is 18.0 Å². The van der Waals surface area contributed by atoms with Crippen LogP contribution >= 0.6 is 0 Å². The molecule has 0 aromatic carbocycles. The number of pyridine rings is 1. The van der Waals surface area contributed by atoms with Gasteiger partial charge in [-0.3, -0.25) is 0 Å². The van der Waals surface area contributed by atoms with Gasteiger partial charge in [0.15, 0.2) is 5.03 Å². The zero-order chi connectivity index (χ0) is 18.7. The van der Waals surface area contributed by atoms with Gasteiger partial charge in [0.1, 0.15) is 5.82 Å². The topological polar surface area (TPSA) is 117 Å². The van der Waals surface area contributed by atoms with Gasteiger partial charge < -0.3 is 14.6 Å². The molecular formula is C16H21N5O4S. The molecule has 1 fully saturated rings. The van der Waals surface area contributed by atoms with Gasteiger partial charge in [0.05, 0.1) is 18.1 Å². The van der Waals surface area contributed by atoms with Crippen LogP contribution in [0.5, 0.6) is 0 Å². The Balaban J connectivity index is 1.61. The van der Waals surface area contributed by atoms with Crippen LogP contribution in [0.4, 0.5) is 5.82 Å². The lowest BCUT2D eigenvalue weighted by Crippen LogP contribution is -2.45. The summed E-state index contributed by atoms with van der Waals surface area (Å²) >= 11 is 0. The van der Waals surface area contributed by atoms with Crippen molar-refractivity contribution in [1.82, 2.24) is 19.3 Å². The summed E-state index contributed by atoms with van der Waals surface area (Å²) in [6.45, 7) is 3.67. The summed E-state index contributed by atoms with van der Waals surface area (Å²) in [7, 11) is -3.61. The van der Waals surface area contributed by atoms with Gasteiger partial charge in [-0.2, -0.15) is 0 Å². The maximum atomic E-state index is 12.5. The second-order valence-electron chi connectivity index (χ2n) is 6.11. The first-order valence-corrected chi connectivity index (χ1v) is 9.86. The summed E-state index contributed by atoms with van der Waals surface area (Å²) in [5.41, 5.74) is 0.143. The number of carboxylic acid groups (broad SMARTS) is 1. The zero-order valence-corrected chi connectivity index (χ0v) is 15.2. The van der Waals surface area contributed by atoms with E-state index in [-0.39, 0.29) is 16.6 Å². The monoisotopic (exact) mass is 379 g/mol. The fourth-order valence-corrected chi connectivity index (χ4v) is 4.46. The lowest BCUT2D eigenvalue weighted by atomic mass is 10.1. The normalized spacial score (nSPS) is 16.0. The smallest absolute Gasteiger partial charge is 0.337 e. The highest BCUT2D eigenvalue weighted by atomic mass is 32.2. The summed E-state index contributed by atoms with van der Waals surface area (Å²) in [6, 6.07) is 3.04. The summed E-state index contributed by atoms with van der Waals surface area (Å²) in [5, 5.41) is 9.09. The van der Waals surface area contributed by atoms with Crippen molar-refractivity contribution >= 4 is 21.8 Å². The average molecular weight is 379 g/mol. The Bertz CT molecular complexity index is 870. The van der Waals surface area contributed by atoms with E-state index in [1.54, 1.807) is 10.6 Å². The van der Waals surface area contributed by atoms with Crippen molar-refractivity contribution in [3.8, 4) is 0 Å². The molecule has 1 saturated heterocycles. The molecule has 2 aromatic rings. The molecule has 3 rings (SSSR count). The molecule has 0 atom stereocenters. The highest BCUT2D eigenvalue weighted by Gasteiger charge is 2.27. The molecule has 1 aliphatic rings. The van der Waals surface area contributed by atoms with E-state index < -0.39 is 16.0 Å². The van der Waals surface area contributed by atoms with Gasteiger partial charge >= 0.3 is 5.97 Å². The predicted octanol–water partition coefficient (Wildman–Crippen LogP) is 0.944. The quantitative estimate of drug-likeness (QED) is 0.767. The first-order chi connectivity index (χ1) is 12.4. The molecule has 140 valence electrons. The van der Waals surface area contributed by atoms with Crippen LogP contribution in [0.2, 0.25) is 0 Å². The highest BCUT2D eigenvalue weighted by molar-refractivity contribution is 7.89. The fourth-order valence-electron chi connectivity index (χ4n) is 2.98. The van der Waals surface area contributed by atoms with Crippen LogP contribution < -0.4 is 9.62 Å². The SMILES string of the molecule is CCn1cncc1S(=O)(=O)NC1CCN(c2ccc(C(=O)O)cn2)CC1. The van der Waals surface area contributed by atoms with Gasteiger partial charge in [0.2, 0.25) is 0 Å². The van der Waals surface area contributed by atoms with E-state index in [0.29, 0.717) is 38.3 Å². The summed E-state index contributed by atoms with van der Waals surface area (Å²) in [5.74, 6) is -0.316. The third-order valence-electron chi connectivity index (χ3n) is 4.43. The minimum Gasteiger partial charge on any atom is -0.478 e. The zero-order valence-electron chi connectivity index (χ0n) is 14.4. The maximum absolute atomic E-state index is 12.5. The molecule has 2 N–H and O–H groups in total. The number of nitrogens with zero attached hydrogens (tertiary/aromatic N) is 4. The second kappa shape index (κ2) is 7.42. The van der Waals surface area contributed by atoms with Crippen molar-refractivity contribution in [3.05, 3.63) is 36.4 Å². The van der Waals surface area contributed by atoms with Gasteiger partial charge in [0, 0.05) is 31.9 Å². The number of rotatable bonds is 6. The van der Waals surface area contributed by atoms with Crippen LogP contribution in [0.3, 0.4) is 0 Å². The summed E-state index contributed by atoms with van der Waals surface area (Å²) in [6.07, 6.45) is 5.47. The lowest BCUT2D eigenvalue weighted by molar-refractivity contribution is 0.0696. The van der Waals surface area contributed by atoms with Gasteiger partial charge in [-0.15, -0.1) is 0 Å². The average Bonchev–Trinajstić information content (AvgIpc) is 3.12. The van der Waals surface area contributed by atoms with E-state index in [1.807, 2.05) is 11.8 Å². The number of carboxylic acids is 1. The minimum atomic E-state index is -3.61. The molecule has 10 heteroatoms. The number of piperidine rings is 1. The van der Waals surface area contributed by atoms with Gasteiger partial charge in [-0.25, -0.2) is 27.9 Å². The Morgan fingerprint density at radius 1 is 1.31 bits per heavy atom. The Morgan fingerprint density at radius 2 is 2.04 bits per heavy atom. The molecule has 2 aromatic heterocycles. The summed E-state index contributed by atoms with van der Waals surface area (Å²) < 4.78 is 29.4. The van der Waals surface area contributed by atoms with Crippen molar-refractivity contribution in [2.45, 2.75) is 37.4 Å². The van der Waals surface area contributed by atoms with Crippen LogP contribution in [-0.4, -0.2) is 53.2 Å².